The number of hydrogen-bond donors (Lipinski definition) is 1. The van der Waals surface area contributed by atoms with E-state index in [1.807, 2.05) is 54.8 Å². The van der Waals surface area contributed by atoms with Crippen LogP contribution in [0.5, 0.6) is 5.75 Å². The van der Waals surface area contributed by atoms with Gasteiger partial charge in [-0.3, -0.25) is 4.79 Å². The monoisotopic (exact) mass is 484 g/mol. The number of halogens is 1. The Morgan fingerprint density at radius 3 is 2.58 bits per heavy atom. The number of thiazole rings is 1. The summed E-state index contributed by atoms with van der Waals surface area (Å²) < 4.78 is 5.50. The van der Waals surface area contributed by atoms with E-state index in [9.17, 15) is 4.79 Å². The summed E-state index contributed by atoms with van der Waals surface area (Å²) in [5, 5.41) is 6.49. The molecule has 0 unspecified atom stereocenters. The molecule has 0 atom stereocenters. The lowest BCUT2D eigenvalue weighted by molar-refractivity contribution is -0.115. The number of aromatic nitrogens is 1. The minimum atomic E-state index is -0.103. The Hall–Kier alpha value is -2.61. The molecule has 2 heterocycles. The number of anilines is 2. The van der Waals surface area contributed by atoms with E-state index in [1.54, 1.807) is 0 Å². The van der Waals surface area contributed by atoms with Crippen LogP contribution in [0.25, 0.3) is 10.6 Å². The SMILES string of the molecule is CCOc1ccc(-c2nc(CC(=O)Nc3cc(Cl)ccc3N3CCN(CC)CC3)cs2)cc1. The number of hydrogen-bond acceptors (Lipinski definition) is 6. The third-order valence-corrected chi connectivity index (χ3v) is 6.87. The number of likely N-dealkylation sites (N-methyl/N-ethyl adjacent to an activating group) is 1. The van der Waals surface area contributed by atoms with E-state index in [1.165, 1.54) is 11.3 Å². The van der Waals surface area contributed by atoms with Crippen molar-refractivity contribution in [2.75, 3.05) is 49.5 Å². The van der Waals surface area contributed by atoms with Crippen LogP contribution in [0.1, 0.15) is 19.5 Å². The van der Waals surface area contributed by atoms with Gasteiger partial charge < -0.3 is 19.9 Å². The molecule has 1 fully saturated rings. The van der Waals surface area contributed by atoms with Crippen molar-refractivity contribution < 1.29 is 9.53 Å². The maximum absolute atomic E-state index is 12.9. The molecule has 4 rings (SSSR count). The van der Waals surface area contributed by atoms with Gasteiger partial charge in [-0.05, 0) is 55.9 Å². The zero-order valence-electron chi connectivity index (χ0n) is 19.0. The summed E-state index contributed by atoms with van der Waals surface area (Å²) in [6.45, 7) is 9.72. The molecule has 1 N–H and O–H groups in total. The van der Waals surface area contributed by atoms with Crippen LogP contribution in [0.3, 0.4) is 0 Å². The predicted octanol–water partition coefficient (Wildman–Crippen LogP) is 5.19. The maximum Gasteiger partial charge on any atom is 0.230 e. The summed E-state index contributed by atoms with van der Waals surface area (Å²) in [6, 6.07) is 13.6. The minimum Gasteiger partial charge on any atom is -0.494 e. The second kappa shape index (κ2) is 11.0. The summed E-state index contributed by atoms with van der Waals surface area (Å²) >= 11 is 7.78. The molecule has 2 aromatic carbocycles. The molecule has 0 spiro atoms. The molecule has 33 heavy (non-hydrogen) atoms. The van der Waals surface area contributed by atoms with Crippen LogP contribution in [-0.4, -0.2) is 55.1 Å². The molecular formula is C25H29ClN4O2S. The average Bonchev–Trinajstić information content (AvgIpc) is 3.28. The highest BCUT2D eigenvalue weighted by Crippen LogP contribution is 2.31. The van der Waals surface area contributed by atoms with Crippen LogP contribution in [0.4, 0.5) is 11.4 Å². The Balaban J connectivity index is 1.42. The second-order valence-corrected chi connectivity index (χ2v) is 9.20. The van der Waals surface area contributed by atoms with E-state index in [-0.39, 0.29) is 12.3 Å². The number of amides is 1. The van der Waals surface area contributed by atoms with Crippen LogP contribution in [0.2, 0.25) is 5.02 Å². The van der Waals surface area contributed by atoms with Gasteiger partial charge in [-0.15, -0.1) is 11.3 Å². The van der Waals surface area contributed by atoms with Crippen molar-refractivity contribution >= 4 is 40.2 Å². The summed E-state index contributed by atoms with van der Waals surface area (Å²) in [5.74, 6) is 0.736. The molecular weight excluding hydrogens is 456 g/mol. The first-order valence-electron chi connectivity index (χ1n) is 11.3. The lowest BCUT2D eigenvalue weighted by Crippen LogP contribution is -2.46. The molecule has 6 nitrogen and oxygen atoms in total. The molecule has 0 aliphatic carbocycles. The normalized spacial score (nSPS) is 14.3. The first-order chi connectivity index (χ1) is 16.1. The summed E-state index contributed by atoms with van der Waals surface area (Å²) in [6.07, 6.45) is 0.211. The fourth-order valence-electron chi connectivity index (χ4n) is 3.93. The highest BCUT2D eigenvalue weighted by atomic mass is 35.5. The van der Waals surface area contributed by atoms with E-state index in [0.717, 1.165) is 66.1 Å². The first-order valence-corrected chi connectivity index (χ1v) is 12.6. The zero-order valence-corrected chi connectivity index (χ0v) is 20.6. The number of nitrogens with zero attached hydrogens (tertiary/aromatic N) is 3. The van der Waals surface area contributed by atoms with Gasteiger partial charge in [0.2, 0.25) is 5.91 Å². The van der Waals surface area contributed by atoms with Gasteiger partial charge in [0, 0.05) is 42.1 Å². The lowest BCUT2D eigenvalue weighted by atomic mass is 10.2. The second-order valence-electron chi connectivity index (χ2n) is 7.91. The Kier molecular flexibility index (Phi) is 7.85. The number of carbonyl (C=O) groups excluding carboxylic acids is 1. The van der Waals surface area contributed by atoms with E-state index in [4.69, 9.17) is 16.3 Å². The standard InChI is InChI=1S/C25H29ClN4O2S/c1-3-29-11-13-30(14-12-29)23-10-7-19(26)15-22(23)28-24(31)16-20-17-33-25(27-20)18-5-8-21(9-6-18)32-4-2/h5-10,15,17H,3-4,11-14,16H2,1-2H3,(H,28,31). The van der Waals surface area contributed by atoms with Crippen LogP contribution in [-0.2, 0) is 11.2 Å². The molecule has 1 amide bonds. The van der Waals surface area contributed by atoms with Crippen molar-refractivity contribution in [2.45, 2.75) is 20.3 Å². The van der Waals surface area contributed by atoms with E-state index >= 15 is 0 Å². The third kappa shape index (κ3) is 6.05. The third-order valence-electron chi connectivity index (χ3n) is 5.70. The zero-order chi connectivity index (χ0) is 23.2. The minimum absolute atomic E-state index is 0.103. The van der Waals surface area contributed by atoms with Gasteiger partial charge in [0.1, 0.15) is 10.8 Å². The van der Waals surface area contributed by atoms with Gasteiger partial charge in [-0.2, -0.15) is 0 Å². The van der Waals surface area contributed by atoms with Crippen molar-refractivity contribution in [3.63, 3.8) is 0 Å². The Morgan fingerprint density at radius 1 is 1.12 bits per heavy atom. The smallest absolute Gasteiger partial charge is 0.230 e. The van der Waals surface area contributed by atoms with Crippen LogP contribution >= 0.6 is 22.9 Å². The molecule has 174 valence electrons. The maximum atomic E-state index is 12.9. The number of rotatable bonds is 8. The van der Waals surface area contributed by atoms with E-state index in [0.29, 0.717) is 11.6 Å². The first kappa shape index (κ1) is 23.5. The molecule has 8 heteroatoms. The number of ether oxygens (including phenoxy) is 1. The van der Waals surface area contributed by atoms with Crippen LogP contribution < -0.4 is 15.0 Å². The topological polar surface area (TPSA) is 57.7 Å². The highest BCUT2D eigenvalue weighted by molar-refractivity contribution is 7.13. The largest absolute Gasteiger partial charge is 0.494 e. The van der Waals surface area contributed by atoms with Crippen molar-refractivity contribution in [2.24, 2.45) is 0 Å². The van der Waals surface area contributed by atoms with E-state index in [2.05, 4.69) is 27.0 Å². The lowest BCUT2D eigenvalue weighted by Gasteiger charge is -2.36. The van der Waals surface area contributed by atoms with Gasteiger partial charge in [-0.25, -0.2) is 4.98 Å². The number of nitrogens with one attached hydrogen (secondary N) is 1. The summed E-state index contributed by atoms with van der Waals surface area (Å²) in [5.41, 5.74) is 3.52. The Labute approximate surface area is 204 Å². The molecule has 0 radical (unpaired) electrons. The summed E-state index contributed by atoms with van der Waals surface area (Å²) in [7, 11) is 0. The Bertz CT molecular complexity index is 1080. The van der Waals surface area contributed by atoms with Gasteiger partial charge >= 0.3 is 0 Å². The summed E-state index contributed by atoms with van der Waals surface area (Å²) in [4.78, 5) is 22.3. The van der Waals surface area contributed by atoms with Crippen LogP contribution in [0, 0.1) is 0 Å². The molecule has 1 saturated heterocycles. The van der Waals surface area contributed by atoms with E-state index < -0.39 is 0 Å². The molecule has 1 aliphatic rings. The van der Waals surface area contributed by atoms with Crippen molar-refractivity contribution in [3.8, 4) is 16.3 Å². The van der Waals surface area contributed by atoms with Crippen molar-refractivity contribution in [1.82, 2.24) is 9.88 Å². The number of piperazine rings is 1. The fourth-order valence-corrected chi connectivity index (χ4v) is 4.93. The van der Waals surface area contributed by atoms with Crippen molar-refractivity contribution in [1.29, 1.82) is 0 Å². The molecule has 3 aromatic rings. The quantitative estimate of drug-likeness (QED) is 0.477. The molecule has 1 aliphatic heterocycles. The van der Waals surface area contributed by atoms with Gasteiger partial charge in [0.15, 0.2) is 0 Å². The molecule has 0 bridgehead atoms. The Morgan fingerprint density at radius 2 is 1.88 bits per heavy atom. The number of carbonyl (C=O) groups is 1. The number of benzene rings is 2. The van der Waals surface area contributed by atoms with Gasteiger partial charge in [0.05, 0.1) is 30.1 Å². The average molecular weight is 485 g/mol. The van der Waals surface area contributed by atoms with Crippen LogP contribution in [0.15, 0.2) is 47.8 Å². The van der Waals surface area contributed by atoms with Gasteiger partial charge in [-0.1, -0.05) is 18.5 Å². The fraction of sp³-hybridized carbons (Fsp3) is 0.360. The highest BCUT2D eigenvalue weighted by Gasteiger charge is 2.20. The predicted molar refractivity (Wildman–Crippen MR) is 137 cm³/mol. The van der Waals surface area contributed by atoms with Gasteiger partial charge in [0.25, 0.3) is 0 Å². The van der Waals surface area contributed by atoms with Crippen molar-refractivity contribution in [3.05, 3.63) is 58.6 Å². The molecule has 0 saturated carbocycles. The molecule has 1 aromatic heterocycles.